The molecule has 1 amide bonds. The molecule has 0 heterocycles. The lowest BCUT2D eigenvalue weighted by Gasteiger charge is -2.25. The van der Waals surface area contributed by atoms with Crippen molar-refractivity contribution in [3.05, 3.63) is 61.0 Å². The quantitative estimate of drug-likeness (QED) is 0.724. The van der Waals surface area contributed by atoms with Crippen LogP contribution in [0, 0.1) is 11.7 Å². The van der Waals surface area contributed by atoms with E-state index in [1.807, 2.05) is 0 Å². The van der Waals surface area contributed by atoms with Crippen LogP contribution in [0.3, 0.4) is 0 Å². The molecule has 1 atom stereocenters. The number of hydrogen-bond donors (Lipinski definition) is 2. The molecule has 3 nitrogen and oxygen atoms in total. The average molecular weight is 291 g/mol. The van der Waals surface area contributed by atoms with Gasteiger partial charge in [-0.3, -0.25) is 4.79 Å². The highest BCUT2D eigenvalue weighted by Gasteiger charge is 2.25. The van der Waals surface area contributed by atoms with Crippen LogP contribution in [-0.2, 0) is 10.4 Å². The molecule has 1 rings (SSSR count). The SMILES string of the molecule is C=CCC(CC=C)C(=O)NCC(C)(O)c1ccc(F)cc1. The lowest BCUT2D eigenvalue weighted by atomic mass is 9.95. The number of hydrogen-bond acceptors (Lipinski definition) is 2. The zero-order valence-corrected chi connectivity index (χ0v) is 12.3. The summed E-state index contributed by atoms with van der Waals surface area (Å²) in [5.41, 5.74) is -0.704. The molecule has 21 heavy (non-hydrogen) atoms. The second-order valence-corrected chi connectivity index (χ2v) is 5.24. The second kappa shape index (κ2) is 7.74. The van der Waals surface area contributed by atoms with E-state index < -0.39 is 5.60 Å². The first kappa shape index (κ1) is 17.1. The van der Waals surface area contributed by atoms with Gasteiger partial charge in [0.05, 0.1) is 6.54 Å². The summed E-state index contributed by atoms with van der Waals surface area (Å²) < 4.78 is 12.9. The monoisotopic (exact) mass is 291 g/mol. The Hall–Kier alpha value is -1.94. The van der Waals surface area contributed by atoms with Gasteiger partial charge in [-0.25, -0.2) is 4.39 Å². The molecule has 0 spiro atoms. The van der Waals surface area contributed by atoms with Crippen LogP contribution in [0.4, 0.5) is 4.39 Å². The summed E-state index contributed by atoms with van der Waals surface area (Å²) >= 11 is 0. The highest BCUT2D eigenvalue weighted by atomic mass is 19.1. The number of nitrogens with one attached hydrogen (secondary N) is 1. The molecule has 0 radical (unpaired) electrons. The van der Waals surface area contributed by atoms with Crippen molar-refractivity contribution < 1.29 is 14.3 Å². The Bertz CT molecular complexity index is 484. The molecule has 0 aromatic heterocycles. The number of carbonyl (C=O) groups excluding carboxylic acids is 1. The lowest BCUT2D eigenvalue weighted by Crippen LogP contribution is -2.41. The maximum absolute atomic E-state index is 12.9. The van der Waals surface area contributed by atoms with Gasteiger partial charge in [0.15, 0.2) is 0 Å². The molecule has 1 aromatic carbocycles. The Kier molecular flexibility index (Phi) is 6.31. The Morgan fingerprint density at radius 1 is 1.33 bits per heavy atom. The van der Waals surface area contributed by atoms with Crippen molar-refractivity contribution in [3.8, 4) is 0 Å². The molecule has 0 aliphatic carbocycles. The zero-order valence-electron chi connectivity index (χ0n) is 12.3. The van der Waals surface area contributed by atoms with Gasteiger partial charge in [0.25, 0.3) is 0 Å². The molecule has 114 valence electrons. The van der Waals surface area contributed by atoms with Crippen molar-refractivity contribution >= 4 is 5.91 Å². The molecule has 1 aromatic rings. The first-order chi connectivity index (χ1) is 9.90. The summed E-state index contributed by atoms with van der Waals surface area (Å²) in [6, 6.07) is 5.58. The normalized spacial score (nSPS) is 13.5. The zero-order chi connectivity index (χ0) is 15.9. The number of rotatable bonds is 8. The summed E-state index contributed by atoms with van der Waals surface area (Å²) in [6.45, 7) is 8.90. The van der Waals surface area contributed by atoms with Crippen LogP contribution in [0.2, 0.25) is 0 Å². The van der Waals surface area contributed by atoms with Crippen LogP contribution in [-0.4, -0.2) is 17.6 Å². The number of allylic oxidation sites excluding steroid dienone is 2. The van der Waals surface area contributed by atoms with Gasteiger partial charge in [-0.15, -0.1) is 13.2 Å². The maximum atomic E-state index is 12.9. The van der Waals surface area contributed by atoms with Crippen molar-refractivity contribution in [2.75, 3.05) is 6.54 Å². The van der Waals surface area contributed by atoms with E-state index in [4.69, 9.17) is 0 Å². The fourth-order valence-corrected chi connectivity index (χ4v) is 2.03. The van der Waals surface area contributed by atoms with Crippen LogP contribution >= 0.6 is 0 Å². The Balaban J connectivity index is 2.67. The van der Waals surface area contributed by atoms with Crippen LogP contribution in [0.25, 0.3) is 0 Å². The number of aliphatic hydroxyl groups is 1. The summed E-state index contributed by atoms with van der Waals surface area (Å²) in [6.07, 6.45) is 4.48. The van der Waals surface area contributed by atoms with Gasteiger partial charge in [-0.05, 0) is 37.5 Å². The second-order valence-electron chi connectivity index (χ2n) is 5.24. The van der Waals surface area contributed by atoms with E-state index >= 15 is 0 Å². The van der Waals surface area contributed by atoms with E-state index in [1.165, 1.54) is 24.3 Å². The molecule has 0 aliphatic heterocycles. The summed E-state index contributed by atoms with van der Waals surface area (Å²) in [5.74, 6) is -0.753. The first-order valence-electron chi connectivity index (χ1n) is 6.88. The number of carbonyl (C=O) groups is 1. The first-order valence-corrected chi connectivity index (χ1v) is 6.88. The highest BCUT2D eigenvalue weighted by molar-refractivity contribution is 5.79. The molecular weight excluding hydrogens is 269 g/mol. The van der Waals surface area contributed by atoms with E-state index in [0.29, 0.717) is 18.4 Å². The average Bonchev–Trinajstić information content (AvgIpc) is 2.45. The number of amides is 1. The Morgan fingerprint density at radius 3 is 2.33 bits per heavy atom. The Labute approximate surface area is 125 Å². The molecule has 0 saturated heterocycles. The minimum atomic E-state index is -1.25. The van der Waals surface area contributed by atoms with Gasteiger partial charge in [-0.2, -0.15) is 0 Å². The van der Waals surface area contributed by atoms with Gasteiger partial charge < -0.3 is 10.4 Å². The van der Waals surface area contributed by atoms with Crippen molar-refractivity contribution in [1.29, 1.82) is 0 Å². The third kappa shape index (κ3) is 5.16. The van der Waals surface area contributed by atoms with Crippen molar-refractivity contribution in [2.45, 2.75) is 25.4 Å². The fraction of sp³-hybridized carbons (Fsp3) is 0.353. The van der Waals surface area contributed by atoms with Crippen LogP contribution in [0.1, 0.15) is 25.3 Å². The largest absolute Gasteiger partial charge is 0.384 e. The predicted molar refractivity (Wildman–Crippen MR) is 82.1 cm³/mol. The highest BCUT2D eigenvalue weighted by Crippen LogP contribution is 2.20. The van der Waals surface area contributed by atoms with Gasteiger partial charge in [0.1, 0.15) is 11.4 Å². The van der Waals surface area contributed by atoms with Crippen LogP contribution < -0.4 is 5.32 Å². The minimum absolute atomic E-state index is 0.0578. The molecule has 0 bridgehead atoms. The van der Waals surface area contributed by atoms with Gasteiger partial charge >= 0.3 is 0 Å². The Morgan fingerprint density at radius 2 is 1.86 bits per heavy atom. The van der Waals surface area contributed by atoms with Crippen LogP contribution in [0.5, 0.6) is 0 Å². The number of halogens is 1. The molecule has 0 aliphatic rings. The van der Waals surface area contributed by atoms with Gasteiger partial charge in [0, 0.05) is 5.92 Å². The molecule has 2 N–H and O–H groups in total. The third-order valence-electron chi connectivity index (χ3n) is 3.35. The molecule has 0 fully saturated rings. The maximum Gasteiger partial charge on any atom is 0.223 e. The standard InChI is InChI=1S/C17H22FNO2/c1-4-6-13(7-5-2)16(20)19-12-17(3,21)14-8-10-15(18)11-9-14/h4-5,8-11,13,21H,1-2,6-7,12H2,3H3,(H,19,20). The molecule has 4 heteroatoms. The van der Waals surface area contributed by atoms with Crippen LogP contribution in [0.15, 0.2) is 49.6 Å². The van der Waals surface area contributed by atoms with Gasteiger partial charge in [0.2, 0.25) is 5.91 Å². The summed E-state index contributed by atoms with van der Waals surface area (Å²) in [5, 5.41) is 13.1. The third-order valence-corrected chi connectivity index (χ3v) is 3.35. The molecular formula is C17H22FNO2. The van der Waals surface area contributed by atoms with Gasteiger partial charge in [-0.1, -0.05) is 24.3 Å². The summed E-state index contributed by atoms with van der Waals surface area (Å²) in [4.78, 5) is 12.1. The topological polar surface area (TPSA) is 49.3 Å². The van der Waals surface area contributed by atoms with Crippen molar-refractivity contribution in [1.82, 2.24) is 5.32 Å². The number of benzene rings is 1. The predicted octanol–water partition coefficient (Wildman–Crippen LogP) is 2.92. The smallest absolute Gasteiger partial charge is 0.223 e. The molecule has 1 unspecified atom stereocenters. The van der Waals surface area contributed by atoms with E-state index in [-0.39, 0.29) is 24.2 Å². The lowest BCUT2D eigenvalue weighted by molar-refractivity contribution is -0.126. The van der Waals surface area contributed by atoms with E-state index in [1.54, 1.807) is 19.1 Å². The molecule has 0 saturated carbocycles. The van der Waals surface area contributed by atoms with E-state index in [2.05, 4.69) is 18.5 Å². The van der Waals surface area contributed by atoms with Crippen molar-refractivity contribution in [2.24, 2.45) is 5.92 Å². The van der Waals surface area contributed by atoms with E-state index in [9.17, 15) is 14.3 Å². The summed E-state index contributed by atoms with van der Waals surface area (Å²) in [7, 11) is 0. The van der Waals surface area contributed by atoms with E-state index in [0.717, 1.165) is 0 Å². The fourth-order valence-electron chi connectivity index (χ4n) is 2.03. The van der Waals surface area contributed by atoms with Crippen molar-refractivity contribution in [3.63, 3.8) is 0 Å². The minimum Gasteiger partial charge on any atom is -0.384 e.